The lowest BCUT2D eigenvalue weighted by Crippen LogP contribution is -2.29. The molecule has 2 aliphatic carbocycles. The van der Waals surface area contributed by atoms with Crippen LogP contribution in [0, 0.1) is 11.8 Å². The molecule has 2 saturated carbocycles. The number of hydrogen-bond acceptors (Lipinski definition) is 4. The van der Waals surface area contributed by atoms with Crippen LogP contribution in [0.1, 0.15) is 65.2 Å². The van der Waals surface area contributed by atoms with Crippen molar-refractivity contribution in [3.63, 3.8) is 0 Å². The van der Waals surface area contributed by atoms with Gasteiger partial charge in [-0.2, -0.15) is 8.42 Å². The van der Waals surface area contributed by atoms with Crippen molar-refractivity contribution in [2.75, 3.05) is 0 Å². The maximum Gasteiger partial charge on any atom is 0.400 e. The van der Waals surface area contributed by atoms with Gasteiger partial charge in [0, 0.05) is 0 Å². The molecule has 0 aromatic rings. The molecule has 0 saturated heterocycles. The van der Waals surface area contributed by atoms with Crippen molar-refractivity contribution < 1.29 is 16.8 Å². The van der Waals surface area contributed by atoms with E-state index >= 15 is 0 Å². The van der Waals surface area contributed by atoms with E-state index in [2.05, 4.69) is 13.8 Å². The molecule has 19 heavy (non-hydrogen) atoms. The van der Waals surface area contributed by atoms with Gasteiger partial charge in [0.15, 0.2) is 0 Å². The first-order valence-electron chi connectivity index (χ1n) is 7.56. The summed E-state index contributed by atoms with van der Waals surface area (Å²) in [6, 6.07) is 0. The third kappa shape index (κ3) is 5.04. The summed E-state index contributed by atoms with van der Waals surface area (Å²) >= 11 is 0. The summed E-state index contributed by atoms with van der Waals surface area (Å²) in [5, 5.41) is 0. The lowest BCUT2D eigenvalue weighted by molar-refractivity contribution is 0.0755. The zero-order chi connectivity index (χ0) is 13.9. The molecule has 0 amide bonds. The first-order chi connectivity index (χ1) is 8.94. The van der Waals surface area contributed by atoms with Crippen LogP contribution in [-0.4, -0.2) is 20.6 Å². The minimum absolute atomic E-state index is 0.177. The Hall–Kier alpha value is -0.130. The van der Waals surface area contributed by atoms with Gasteiger partial charge in [-0.1, -0.05) is 13.8 Å². The van der Waals surface area contributed by atoms with Gasteiger partial charge in [-0.25, -0.2) is 8.37 Å². The zero-order valence-corrected chi connectivity index (χ0v) is 12.8. The van der Waals surface area contributed by atoms with Crippen molar-refractivity contribution in [1.82, 2.24) is 0 Å². The van der Waals surface area contributed by atoms with Gasteiger partial charge < -0.3 is 0 Å². The van der Waals surface area contributed by atoms with Gasteiger partial charge in [0.1, 0.15) is 0 Å². The molecule has 0 radical (unpaired) electrons. The highest BCUT2D eigenvalue weighted by molar-refractivity contribution is 7.81. The van der Waals surface area contributed by atoms with E-state index in [-0.39, 0.29) is 12.2 Å². The summed E-state index contributed by atoms with van der Waals surface area (Å²) in [6.07, 6.45) is 7.12. The summed E-state index contributed by atoms with van der Waals surface area (Å²) in [7, 11) is -3.82. The zero-order valence-electron chi connectivity index (χ0n) is 12.0. The van der Waals surface area contributed by atoms with Crippen LogP contribution in [0.2, 0.25) is 0 Å². The molecule has 5 heteroatoms. The van der Waals surface area contributed by atoms with Crippen LogP contribution in [-0.2, 0) is 18.8 Å². The molecule has 0 unspecified atom stereocenters. The highest BCUT2D eigenvalue weighted by Crippen LogP contribution is 2.29. The van der Waals surface area contributed by atoms with Crippen LogP contribution in [0.15, 0.2) is 0 Å². The van der Waals surface area contributed by atoms with Crippen molar-refractivity contribution in [1.29, 1.82) is 0 Å². The maximum absolute atomic E-state index is 11.9. The normalized spacial score (nSPS) is 37.2. The Balaban J connectivity index is 1.78. The van der Waals surface area contributed by atoms with E-state index in [4.69, 9.17) is 8.37 Å². The van der Waals surface area contributed by atoms with E-state index in [1.54, 1.807) is 0 Å². The highest BCUT2D eigenvalue weighted by atomic mass is 32.3. The quantitative estimate of drug-likeness (QED) is 0.796. The van der Waals surface area contributed by atoms with Crippen molar-refractivity contribution in [2.24, 2.45) is 11.8 Å². The minimum Gasteiger partial charge on any atom is -0.245 e. The predicted octanol–water partition coefficient (Wildman–Crippen LogP) is 3.42. The summed E-state index contributed by atoms with van der Waals surface area (Å²) < 4.78 is 34.2. The van der Waals surface area contributed by atoms with Crippen LogP contribution in [0.25, 0.3) is 0 Å². The molecule has 0 bridgehead atoms. The molecule has 0 N–H and O–H groups in total. The smallest absolute Gasteiger partial charge is 0.245 e. The molecular formula is C14H26O4S. The Morgan fingerprint density at radius 1 is 0.684 bits per heavy atom. The monoisotopic (exact) mass is 290 g/mol. The van der Waals surface area contributed by atoms with Gasteiger partial charge in [0.2, 0.25) is 0 Å². The predicted molar refractivity (Wildman–Crippen MR) is 73.9 cm³/mol. The third-order valence-electron chi connectivity index (χ3n) is 4.43. The average Bonchev–Trinajstić information content (AvgIpc) is 2.34. The van der Waals surface area contributed by atoms with Crippen molar-refractivity contribution >= 4 is 10.4 Å². The van der Waals surface area contributed by atoms with Gasteiger partial charge in [0.05, 0.1) is 12.2 Å². The number of rotatable bonds is 4. The molecule has 0 heterocycles. The van der Waals surface area contributed by atoms with Gasteiger partial charge in [-0.3, -0.25) is 0 Å². The van der Waals surface area contributed by atoms with Gasteiger partial charge in [-0.05, 0) is 63.2 Å². The van der Waals surface area contributed by atoms with Gasteiger partial charge in [0.25, 0.3) is 0 Å². The van der Waals surface area contributed by atoms with Gasteiger partial charge >= 0.3 is 10.4 Å². The second-order valence-corrected chi connectivity index (χ2v) is 7.57. The lowest BCUT2D eigenvalue weighted by Gasteiger charge is -2.28. The van der Waals surface area contributed by atoms with Crippen LogP contribution in [0.4, 0.5) is 0 Å². The van der Waals surface area contributed by atoms with E-state index in [1.165, 1.54) is 0 Å². The van der Waals surface area contributed by atoms with Crippen molar-refractivity contribution in [2.45, 2.75) is 77.4 Å². The second-order valence-electron chi connectivity index (χ2n) is 6.36. The molecule has 2 rings (SSSR count). The first kappa shape index (κ1) is 15.3. The van der Waals surface area contributed by atoms with Crippen LogP contribution < -0.4 is 0 Å². The van der Waals surface area contributed by atoms with Crippen LogP contribution in [0.3, 0.4) is 0 Å². The highest BCUT2D eigenvalue weighted by Gasteiger charge is 2.29. The molecule has 2 aliphatic rings. The summed E-state index contributed by atoms with van der Waals surface area (Å²) in [6.45, 7) is 4.40. The molecule has 112 valence electrons. The Morgan fingerprint density at radius 2 is 1.00 bits per heavy atom. The molecule has 0 atom stereocenters. The summed E-state index contributed by atoms with van der Waals surface area (Å²) in [5.74, 6) is 1.37. The Morgan fingerprint density at radius 3 is 1.32 bits per heavy atom. The first-order valence-corrected chi connectivity index (χ1v) is 8.89. The third-order valence-corrected chi connectivity index (χ3v) is 5.45. The van der Waals surface area contributed by atoms with Crippen molar-refractivity contribution in [3.05, 3.63) is 0 Å². The van der Waals surface area contributed by atoms with E-state index in [0.29, 0.717) is 11.8 Å². The van der Waals surface area contributed by atoms with E-state index in [0.717, 1.165) is 51.4 Å². The molecule has 0 aromatic heterocycles. The SMILES string of the molecule is CC1CCC(OS(=O)(=O)OC2CCC(C)CC2)CC1. The minimum atomic E-state index is -3.82. The largest absolute Gasteiger partial charge is 0.400 e. The molecule has 0 aliphatic heterocycles. The summed E-state index contributed by atoms with van der Waals surface area (Å²) in [4.78, 5) is 0. The molecule has 4 nitrogen and oxygen atoms in total. The molecule has 0 spiro atoms. The van der Waals surface area contributed by atoms with Crippen LogP contribution in [0.5, 0.6) is 0 Å². The van der Waals surface area contributed by atoms with E-state index in [1.807, 2.05) is 0 Å². The second kappa shape index (κ2) is 6.55. The Labute approximate surface area is 117 Å². The standard InChI is InChI=1S/C14H26O4S/c1-11-3-7-13(8-4-11)17-19(15,16)18-14-9-5-12(2)6-10-14/h11-14H,3-10H2,1-2H3. The van der Waals surface area contributed by atoms with E-state index < -0.39 is 10.4 Å². The Bertz CT molecular complexity index is 333. The Kier molecular flexibility index (Phi) is 5.26. The fourth-order valence-electron chi connectivity index (χ4n) is 3.01. The topological polar surface area (TPSA) is 52.6 Å². The lowest BCUT2D eigenvalue weighted by atomic mass is 9.89. The molecular weight excluding hydrogens is 264 g/mol. The molecule has 0 aromatic carbocycles. The van der Waals surface area contributed by atoms with Gasteiger partial charge in [-0.15, -0.1) is 0 Å². The van der Waals surface area contributed by atoms with Crippen molar-refractivity contribution in [3.8, 4) is 0 Å². The fraction of sp³-hybridized carbons (Fsp3) is 1.00. The fourth-order valence-corrected chi connectivity index (χ4v) is 4.10. The maximum atomic E-state index is 11.9. The van der Waals surface area contributed by atoms with Crippen LogP contribution >= 0.6 is 0 Å². The molecule has 2 fully saturated rings. The van der Waals surface area contributed by atoms with E-state index in [9.17, 15) is 8.42 Å². The summed E-state index contributed by atoms with van der Waals surface area (Å²) in [5.41, 5.74) is 0. The average molecular weight is 290 g/mol. The number of hydrogen-bond donors (Lipinski definition) is 0.